The predicted molar refractivity (Wildman–Crippen MR) is 142 cm³/mol. The number of piperidine rings is 1. The first kappa shape index (κ1) is 27.4. The minimum absolute atomic E-state index is 0.0000847. The first-order valence-electron chi connectivity index (χ1n) is 13.1. The molecule has 1 unspecified atom stereocenters. The lowest BCUT2D eigenvalue weighted by molar-refractivity contribution is -0.137. The van der Waals surface area contributed by atoms with Crippen molar-refractivity contribution in [1.82, 2.24) is 20.2 Å². The number of rotatable bonds is 8. The summed E-state index contributed by atoms with van der Waals surface area (Å²) in [6.07, 6.45) is -0.560. The second-order valence-electron chi connectivity index (χ2n) is 9.88. The van der Waals surface area contributed by atoms with E-state index in [0.29, 0.717) is 36.6 Å². The molecule has 2 aliphatic rings. The normalized spacial score (nSPS) is 17.9. The maximum atomic E-state index is 13.0. The molecule has 2 fully saturated rings. The van der Waals surface area contributed by atoms with Crippen molar-refractivity contribution >= 4 is 17.6 Å². The van der Waals surface area contributed by atoms with Crippen molar-refractivity contribution in [2.45, 2.75) is 44.4 Å². The average Bonchev–Trinajstić information content (AvgIpc) is 3.33. The second kappa shape index (κ2) is 11.5. The van der Waals surface area contributed by atoms with Crippen molar-refractivity contribution in [1.29, 1.82) is 0 Å². The van der Waals surface area contributed by atoms with Crippen molar-refractivity contribution < 1.29 is 27.5 Å². The summed E-state index contributed by atoms with van der Waals surface area (Å²) in [5, 5.41) is 5.82. The third kappa shape index (κ3) is 6.50. The summed E-state index contributed by atoms with van der Waals surface area (Å²) in [4.78, 5) is 35.5. The molecule has 2 aromatic carbocycles. The van der Waals surface area contributed by atoms with Gasteiger partial charge in [0.25, 0.3) is 5.91 Å². The molecule has 0 aliphatic carbocycles. The number of aromatic nitrogens is 2. The van der Waals surface area contributed by atoms with E-state index in [0.717, 1.165) is 50.0 Å². The maximum Gasteiger partial charge on any atom is 0.416 e. The highest BCUT2D eigenvalue weighted by molar-refractivity contribution is 5.92. The van der Waals surface area contributed by atoms with Gasteiger partial charge in [-0.1, -0.05) is 6.42 Å². The van der Waals surface area contributed by atoms with Gasteiger partial charge in [0, 0.05) is 24.7 Å². The van der Waals surface area contributed by atoms with Crippen LogP contribution in [0, 0.1) is 0 Å². The number of carbonyl (C=O) groups is 2. The number of anilines is 1. The molecule has 3 aromatic rings. The lowest BCUT2D eigenvalue weighted by Gasteiger charge is -2.27. The van der Waals surface area contributed by atoms with Gasteiger partial charge in [-0.3, -0.25) is 14.5 Å². The number of hydrogen-bond acceptors (Lipinski definition) is 7. The summed E-state index contributed by atoms with van der Waals surface area (Å²) in [6, 6.07) is 10.7. The number of primary amides is 1. The Morgan fingerprint density at radius 2 is 1.77 bits per heavy atom. The van der Waals surface area contributed by atoms with Crippen molar-refractivity contribution in [3.05, 3.63) is 65.4 Å². The Bertz CT molecular complexity index is 1390. The number of halogens is 3. The van der Waals surface area contributed by atoms with Crippen LogP contribution in [0.1, 0.15) is 47.3 Å². The van der Waals surface area contributed by atoms with Crippen molar-refractivity contribution in [2.24, 2.45) is 5.73 Å². The third-order valence-electron chi connectivity index (χ3n) is 6.93. The minimum atomic E-state index is -4.43. The van der Waals surface area contributed by atoms with Crippen molar-refractivity contribution in [2.75, 3.05) is 25.0 Å². The van der Waals surface area contributed by atoms with Crippen LogP contribution < -0.4 is 21.1 Å². The molecule has 0 saturated carbocycles. The Morgan fingerprint density at radius 1 is 1.05 bits per heavy atom. The fraction of sp³-hybridized carbons (Fsp3) is 0.357. The third-order valence-corrected chi connectivity index (χ3v) is 6.93. The number of likely N-dealkylation sites (tertiary alicyclic amines) is 1. The molecule has 210 valence electrons. The summed E-state index contributed by atoms with van der Waals surface area (Å²) in [5.41, 5.74) is 6.27. The van der Waals surface area contributed by atoms with Gasteiger partial charge in [0.05, 0.1) is 5.56 Å². The molecule has 1 atom stereocenters. The van der Waals surface area contributed by atoms with Crippen LogP contribution in [-0.2, 0) is 17.5 Å². The van der Waals surface area contributed by atoms with Gasteiger partial charge < -0.3 is 21.1 Å². The SMILES string of the molecule is NC(=O)c1cc(NC2CCNC2=O)nc(-c2ccc(Oc3ccc(C(F)(F)F)cc3)cc2CN2CCCCC2)n1. The van der Waals surface area contributed by atoms with Gasteiger partial charge in [-0.25, -0.2) is 9.97 Å². The van der Waals surface area contributed by atoms with E-state index in [-0.39, 0.29) is 23.2 Å². The lowest BCUT2D eigenvalue weighted by atomic mass is 10.0. The van der Waals surface area contributed by atoms with Gasteiger partial charge >= 0.3 is 6.18 Å². The zero-order valence-electron chi connectivity index (χ0n) is 21.6. The largest absolute Gasteiger partial charge is 0.457 e. The van der Waals surface area contributed by atoms with Gasteiger partial charge in [-0.05, 0) is 80.4 Å². The Labute approximate surface area is 228 Å². The van der Waals surface area contributed by atoms with Crippen LogP contribution in [0.15, 0.2) is 48.5 Å². The molecule has 12 heteroatoms. The molecular weight excluding hydrogens is 525 g/mol. The van der Waals surface area contributed by atoms with Crippen LogP contribution in [0.25, 0.3) is 11.4 Å². The number of benzene rings is 2. The topological polar surface area (TPSA) is 122 Å². The fourth-order valence-corrected chi connectivity index (χ4v) is 4.87. The lowest BCUT2D eigenvalue weighted by Crippen LogP contribution is -2.30. The fourth-order valence-electron chi connectivity index (χ4n) is 4.87. The summed E-state index contributed by atoms with van der Waals surface area (Å²) >= 11 is 0. The van der Waals surface area contributed by atoms with Gasteiger partial charge in [-0.2, -0.15) is 13.2 Å². The molecule has 0 radical (unpaired) electrons. The van der Waals surface area contributed by atoms with Crippen molar-refractivity contribution in [3.63, 3.8) is 0 Å². The van der Waals surface area contributed by atoms with Crippen LogP contribution in [0.4, 0.5) is 19.0 Å². The molecule has 2 amide bonds. The first-order valence-corrected chi connectivity index (χ1v) is 13.1. The van der Waals surface area contributed by atoms with Gasteiger partial charge in [-0.15, -0.1) is 0 Å². The quantitative estimate of drug-likeness (QED) is 0.379. The van der Waals surface area contributed by atoms with E-state index in [2.05, 4.69) is 25.5 Å². The minimum Gasteiger partial charge on any atom is -0.457 e. The highest BCUT2D eigenvalue weighted by Gasteiger charge is 2.30. The molecule has 0 bridgehead atoms. The van der Waals surface area contributed by atoms with Crippen LogP contribution >= 0.6 is 0 Å². The summed E-state index contributed by atoms with van der Waals surface area (Å²) in [7, 11) is 0. The van der Waals surface area contributed by atoms with E-state index in [1.54, 1.807) is 18.2 Å². The molecule has 40 heavy (non-hydrogen) atoms. The molecule has 3 heterocycles. The number of carbonyl (C=O) groups excluding carboxylic acids is 2. The molecule has 9 nitrogen and oxygen atoms in total. The molecule has 2 saturated heterocycles. The zero-order valence-corrected chi connectivity index (χ0v) is 21.6. The number of nitrogens with zero attached hydrogens (tertiary/aromatic N) is 3. The van der Waals surface area contributed by atoms with E-state index < -0.39 is 23.7 Å². The maximum absolute atomic E-state index is 13.0. The Balaban J connectivity index is 1.49. The van der Waals surface area contributed by atoms with Gasteiger partial charge in [0.15, 0.2) is 5.82 Å². The van der Waals surface area contributed by atoms with E-state index in [1.807, 2.05) is 0 Å². The number of alkyl halides is 3. The summed E-state index contributed by atoms with van der Waals surface area (Å²) in [6.45, 7) is 2.92. The van der Waals surface area contributed by atoms with Crippen LogP contribution in [0.3, 0.4) is 0 Å². The Kier molecular flexibility index (Phi) is 7.88. The summed E-state index contributed by atoms with van der Waals surface area (Å²) in [5.74, 6) is 0.361. The number of amides is 2. The van der Waals surface area contributed by atoms with Gasteiger partial charge in [0.2, 0.25) is 5.91 Å². The molecule has 5 rings (SSSR count). The smallest absolute Gasteiger partial charge is 0.416 e. The predicted octanol–water partition coefficient (Wildman–Crippen LogP) is 4.34. The summed E-state index contributed by atoms with van der Waals surface area (Å²) < 4.78 is 44.8. The molecule has 0 spiro atoms. The zero-order chi connectivity index (χ0) is 28.3. The van der Waals surface area contributed by atoms with Crippen molar-refractivity contribution in [3.8, 4) is 22.9 Å². The highest BCUT2D eigenvalue weighted by atomic mass is 19.4. The van der Waals surface area contributed by atoms with Gasteiger partial charge in [0.1, 0.15) is 29.1 Å². The highest BCUT2D eigenvalue weighted by Crippen LogP contribution is 2.33. The Morgan fingerprint density at radius 3 is 2.42 bits per heavy atom. The molecule has 1 aromatic heterocycles. The van der Waals surface area contributed by atoms with E-state index in [4.69, 9.17) is 10.5 Å². The van der Waals surface area contributed by atoms with Crippen LogP contribution in [-0.4, -0.2) is 52.4 Å². The standard InChI is InChI=1S/C28H29F3N6O3/c29-28(30,31)18-4-6-19(7-5-18)40-20-8-9-21(17(14-20)16-37-12-2-1-3-13-37)26-35-23(25(32)38)15-24(36-26)34-22-10-11-33-27(22)39/h4-9,14-15,22H,1-3,10-13,16H2,(H2,32,38)(H,33,39)(H,34,35,36). The number of hydrogen-bond donors (Lipinski definition) is 3. The number of nitrogens with one attached hydrogen (secondary N) is 2. The molecule has 4 N–H and O–H groups in total. The first-order chi connectivity index (χ1) is 19.2. The Hall–Kier alpha value is -4.19. The van der Waals surface area contributed by atoms with E-state index in [1.165, 1.54) is 18.2 Å². The molecule has 2 aliphatic heterocycles. The second-order valence-corrected chi connectivity index (χ2v) is 9.88. The molecular formula is C28H29F3N6O3. The number of nitrogens with two attached hydrogens (primary N) is 1. The van der Waals surface area contributed by atoms with Crippen LogP contribution in [0.2, 0.25) is 0 Å². The van der Waals surface area contributed by atoms with Crippen LogP contribution in [0.5, 0.6) is 11.5 Å². The van der Waals surface area contributed by atoms with E-state index in [9.17, 15) is 22.8 Å². The van der Waals surface area contributed by atoms with E-state index >= 15 is 0 Å². The average molecular weight is 555 g/mol. The monoisotopic (exact) mass is 554 g/mol. The number of ether oxygens (including phenoxy) is 1.